The van der Waals surface area contributed by atoms with Crippen LogP contribution >= 0.6 is 27.7 Å². The summed E-state index contributed by atoms with van der Waals surface area (Å²) in [4.78, 5) is 24.5. The molecule has 4 nitrogen and oxygen atoms in total. The lowest BCUT2D eigenvalue weighted by atomic mass is 10.2. The molecule has 0 spiro atoms. The molecule has 3 N–H and O–H groups in total. The number of anilines is 1. The summed E-state index contributed by atoms with van der Waals surface area (Å²) in [5, 5.41) is 2.36. The number of amides is 2. The predicted octanol–water partition coefficient (Wildman–Crippen LogP) is 3.08. The van der Waals surface area contributed by atoms with Crippen LogP contribution < -0.4 is 11.1 Å². The molecule has 21 heavy (non-hydrogen) atoms. The summed E-state index contributed by atoms with van der Waals surface area (Å²) in [6.07, 6.45) is 0. The third kappa shape index (κ3) is 4.61. The van der Waals surface area contributed by atoms with E-state index in [1.54, 1.807) is 36.4 Å². The first-order chi connectivity index (χ1) is 10.1. The van der Waals surface area contributed by atoms with Crippen molar-refractivity contribution < 1.29 is 9.59 Å². The highest BCUT2D eigenvalue weighted by molar-refractivity contribution is 9.10. The second-order valence-corrected chi connectivity index (χ2v) is 6.09. The van der Waals surface area contributed by atoms with Crippen LogP contribution in [0.25, 0.3) is 0 Å². The highest BCUT2D eigenvalue weighted by Gasteiger charge is 2.11. The molecule has 2 aromatic carbocycles. The molecule has 0 unspecified atom stereocenters. The molecular formula is C15H13BrN2O2S. The fourth-order valence-corrected chi connectivity index (χ4v) is 3.06. The van der Waals surface area contributed by atoms with E-state index in [1.807, 2.05) is 12.1 Å². The van der Waals surface area contributed by atoms with Gasteiger partial charge in [-0.2, -0.15) is 0 Å². The molecule has 0 saturated heterocycles. The van der Waals surface area contributed by atoms with Crippen LogP contribution in [0.1, 0.15) is 10.4 Å². The van der Waals surface area contributed by atoms with Crippen LogP contribution in [-0.4, -0.2) is 17.6 Å². The summed E-state index contributed by atoms with van der Waals surface area (Å²) in [5.41, 5.74) is 6.76. The van der Waals surface area contributed by atoms with Crippen molar-refractivity contribution in [1.82, 2.24) is 5.32 Å². The molecule has 0 atom stereocenters. The van der Waals surface area contributed by atoms with E-state index in [-0.39, 0.29) is 11.7 Å². The standard InChI is InChI=1S/C15H13BrN2O2S/c16-12-8-11(17)6-7-13(12)21-9-14(19)18-15(20)10-4-2-1-3-5-10/h1-8H,9,17H2,(H,18,19,20). The molecule has 108 valence electrons. The third-order valence-corrected chi connectivity index (χ3v) is 4.60. The number of carbonyl (C=O) groups is 2. The third-order valence-electron chi connectivity index (χ3n) is 2.60. The number of carbonyl (C=O) groups excluding carboxylic acids is 2. The van der Waals surface area contributed by atoms with Gasteiger partial charge in [0, 0.05) is 20.6 Å². The van der Waals surface area contributed by atoms with Crippen LogP contribution in [0.3, 0.4) is 0 Å². The maximum absolute atomic E-state index is 11.8. The normalized spacial score (nSPS) is 10.1. The maximum Gasteiger partial charge on any atom is 0.257 e. The van der Waals surface area contributed by atoms with Crippen LogP contribution in [0.5, 0.6) is 0 Å². The van der Waals surface area contributed by atoms with Gasteiger partial charge in [0.25, 0.3) is 5.91 Å². The Labute approximate surface area is 135 Å². The van der Waals surface area contributed by atoms with E-state index in [2.05, 4.69) is 21.2 Å². The van der Waals surface area contributed by atoms with E-state index >= 15 is 0 Å². The predicted molar refractivity (Wildman–Crippen MR) is 88.2 cm³/mol. The average Bonchev–Trinajstić information content (AvgIpc) is 2.47. The topological polar surface area (TPSA) is 72.2 Å². The average molecular weight is 365 g/mol. The lowest BCUT2D eigenvalue weighted by molar-refractivity contribution is -0.117. The summed E-state index contributed by atoms with van der Waals surface area (Å²) in [6.45, 7) is 0. The molecule has 0 aliphatic carbocycles. The summed E-state index contributed by atoms with van der Waals surface area (Å²) < 4.78 is 0.828. The molecule has 2 aromatic rings. The van der Waals surface area contributed by atoms with E-state index in [0.717, 1.165) is 9.37 Å². The van der Waals surface area contributed by atoms with Crippen molar-refractivity contribution in [3.63, 3.8) is 0 Å². The first-order valence-electron chi connectivity index (χ1n) is 6.13. The van der Waals surface area contributed by atoms with Crippen molar-refractivity contribution in [1.29, 1.82) is 0 Å². The van der Waals surface area contributed by atoms with Crippen molar-refractivity contribution in [3.05, 3.63) is 58.6 Å². The number of thioether (sulfide) groups is 1. The molecule has 0 saturated carbocycles. The summed E-state index contributed by atoms with van der Waals surface area (Å²) in [6, 6.07) is 14.0. The first-order valence-corrected chi connectivity index (χ1v) is 7.91. The maximum atomic E-state index is 11.8. The van der Waals surface area contributed by atoms with Crippen LogP contribution in [0.4, 0.5) is 5.69 Å². The van der Waals surface area contributed by atoms with Crippen LogP contribution in [0.15, 0.2) is 57.9 Å². The number of nitrogens with one attached hydrogen (secondary N) is 1. The zero-order valence-corrected chi connectivity index (χ0v) is 13.4. The van der Waals surface area contributed by atoms with Crippen LogP contribution in [-0.2, 0) is 4.79 Å². The number of imide groups is 1. The van der Waals surface area contributed by atoms with E-state index in [9.17, 15) is 9.59 Å². The van der Waals surface area contributed by atoms with E-state index in [0.29, 0.717) is 11.3 Å². The van der Waals surface area contributed by atoms with Crippen molar-refractivity contribution in [3.8, 4) is 0 Å². The lowest BCUT2D eigenvalue weighted by Crippen LogP contribution is -2.31. The lowest BCUT2D eigenvalue weighted by Gasteiger charge is -2.06. The minimum Gasteiger partial charge on any atom is -0.399 e. The fourth-order valence-electron chi connectivity index (χ4n) is 1.60. The van der Waals surface area contributed by atoms with Crippen molar-refractivity contribution >= 4 is 45.2 Å². The number of hydrogen-bond acceptors (Lipinski definition) is 4. The molecule has 0 aliphatic heterocycles. The highest BCUT2D eigenvalue weighted by Crippen LogP contribution is 2.28. The van der Waals surface area contributed by atoms with Gasteiger partial charge < -0.3 is 5.73 Å². The first kappa shape index (κ1) is 15.6. The number of nitrogen functional groups attached to an aromatic ring is 1. The van der Waals surface area contributed by atoms with Gasteiger partial charge in [0.15, 0.2) is 0 Å². The molecule has 0 aliphatic rings. The molecule has 0 bridgehead atoms. The second kappa shape index (κ2) is 7.28. The highest BCUT2D eigenvalue weighted by atomic mass is 79.9. The Balaban J connectivity index is 1.89. The zero-order chi connectivity index (χ0) is 15.2. The zero-order valence-electron chi connectivity index (χ0n) is 11.0. The van der Waals surface area contributed by atoms with Gasteiger partial charge >= 0.3 is 0 Å². The van der Waals surface area contributed by atoms with Gasteiger partial charge in [-0.05, 0) is 46.3 Å². The number of benzene rings is 2. The number of hydrogen-bond donors (Lipinski definition) is 2. The Morgan fingerprint density at radius 1 is 1.14 bits per heavy atom. The van der Waals surface area contributed by atoms with Gasteiger partial charge in [0.05, 0.1) is 5.75 Å². The monoisotopic (exact) mass is 364 g/mol. The number of rotatable bonds is 4. The van der Waals surface area contributed by atoms with E-state index < -0.39 is 5.91 Å². The Hall–Kier alpha value is -1.79. The van der Waals surface area contributed by atoms with Crippen molar-refractivity contribution in [2.75, 3.05) is 11.5 Å². The van der Waals surface area contributed by atoms with Crippen molar-refractivity contribution in [2.45, 2.75) is 4.90 Å². The van der Waals surface area contributed by atoms with Crippen LogP contribution in [0, 0.1) is 0 Å². The van der Waals surface area contributed by atoms with Gasteiger partial charge in [-0.25, -0.2) is 0 Å². The SMILES string of the molecule is Nc1ccc(SCC(=O)NC(=O)c2ccccc2)c(Br)c1. The summed E-state index contributed by atoms with van der Waals surface area (Å²) in [7, 11) is 0. The van der Waals surface area contributed by atoms with Gasteiger partial charge in [-0.15, -0.1) is 11.8 Å². The number of nitrogens with two attached hydrogens (primary N) is 1. The smallest absolute Gasteiger partial charge is 0.257 e. The molecule has 0 radical (unpaired) electrons. The Bertz CT molecular complexity index is 662. The Morgan fingerprint density at radius 3 is 2.52 bits per heavy atom. The minimum absolute atomic E-state index is 0.154. The summed E-state index contributed by atoms with van der Waals surface area (Å²) in [5.74, 6) is -0.573. The Kier molecular flexibility index (Phi) is 5.41. The van der Waals surface area contributed by atoms with Crippen molar-refractivity contribution in [2.24, 2.45) is 0 Å². The minimum atomic E-state index is -0.391. The quantitative estimate of drug-likeness (QED) is 0.645. The molecule has 2 rings (SSSR count). The van der Waals surface area contributed by atoms with Gasteiger partial charge in [-0.3, -0.25) is 14.9 Å². The van der Waals surface area contributed by atoms with E-state index in [4.69, 9.17) is 5.73 Å². The fraction of sp³-hybridized carbons (Fsp3) is 0.0667. The largest absolute Gasteiger partial charge is 0.399 e. The molecule has 2 amide bonds. The number of halogens is 1. The molecular weight excluding hydrogens is 352 g/mol. The van der Waals surface area contributed by atoms with Crippen LogP contribution in [0.2, 0.25) is 0 Å². The summed E-state index contributed by atoms with van der Waals surface area (Å²) >= 11 is 4.72. The molecule has 0 fully saturated rings. The molecule has 0 aromatic heterocycles. The molecule has 0 heterocycles. The van der Waals surface area contributed by atoms with Gasteiger partial charge in [-0.1, -0.05) is 18.2 Å². The molecule has 6 heteroatoms. The van der Waals surface area contributed by atoms with E-state index in [1.165, 1.54) is 11.8 Å². The second-order valence-electron chi connectivity index (χ2n) is 4.22. The Morgan fingerprint density at radius 2 is 1.86 bits per heavy atom. The van der Waals surface area contributed by atoms with Gasteiger partial charge in [0.1, 0.15) is 0 Å². The van der Waals surface area contributed by atoms with Gasteiger partial charge in [0.2, 0.25) is 5.91 Å².